The number of hydrogen-bond donors (Lipinski definition) is 1. The highest BCUT2D eigenvalue weighted by Crippen LogP contribution is 2.36. The highest BCUT2D eigenvalue weighted by atomic mass is 32.1. The van der Waals surface area contributed by atoms with Gasteiger partial charge in [-0.15, -0.1) is 11.3 Å². The average molecular weight is 255 g/mol. The monoisotopic (exact) mass is 255 g/mol. The minimum Gasteiger partial charge on any atom is -0.455 e. The maximum Gasteiger partial charge on any atom is 0.150 e. The number of hydrogen-bond acceptors (Lipinski definition) is 4. The van der Waals surface area contributed by atoms with Crippen molar-refractivity contribution in [1.29, 1.82) is 5.26 Å². The van der Waals surface area contributed by atoms with Crippen LogP contribution in [0.3, 0.4) is 0 Å². The summed E-state index contributed by atoms with van der Waals surface area (Å²) in [4.78, 5) is 1.50. The van der Waals surface area contributed by atoms with Gasteiger partial charge in [-0.25, -0.2) is 0 Å². The molecule has 0 atom stereocenters. The number of aliphatic hydroxyl groups is 1. The van der Waals surface area contributed by atoms with Gasteiger partial charge in [0, 0.05) is 10.9 Å². The van der Waals surface area contributed by atoms with Crippen molar-refractivity contribution in [2.75, 3.05) is 0 Å². The smallest absolute Gasteiger partial charge is 0.150 e. The molecule has 4 heteroatoms. The summed E-state index contributed by atoms with van der Waals surface area (Å²) in [6, 6.07) is 13.3. The van der Waals surface area contributed by atoms with Gasteiger partial charge in [0.25, 0.3) is 0 Å². The van der Waals surface area contributed by atoms with E-state index in [0.717, 1.165) is 21.4 Å². The molecule has 0 amide bonds. The van der Waals surface area contributed by atoms with Gasteiger partial charge in [0.2, 0.25) is 0 Å². The van der Waals surface area contributed by atoms with Crippen molar-refractivity contribution in [1.82, 2.24) is 0 Å². The van der Waals surface area contributed by atoms with Crippen molar-refractivity contribution in [3.63, 3.8) is 0 Å². The molecule has 0 saturated heterocycles. The van der Waals surface area contributed by atoms with Gasteiger partial charge in [0.15, 0.2) is 5.76 Å². The maximum absolute atomic E-state index is 9.51. The summed E-state index contributed by atoms with van der Waals surface area (Å²) in [6.45, 7) is -0.0772. The summed E-state index contributed by atoms with van der Waals surface area (Å²) < 4.78 is 5.77. The molecule has 2 heterocycles. The molecule has 3 nitrogen and oxygen atoms in total. The first kappa shape index (κ1) is 11.0. The first-order valence-electron chi connectivity index (χ1n) is 5.45. The molecule has 3 rings (SSSR count). The lowest BCUT2D eigenvalue weighted by molar-refractivity contribution is 0.282. The lowest BCUT2D eigenvalue weighted by Gasteiger charge is -1.95. The Hall–Kier alpha value is -2.09. The lowest BCUT2D eigenvalue weighted by Crippen LogP contribution is -1.82. The molecular formula is C14H9NO2S. The van der Waals surface area contributed by atoms with Crippen molar-refractivity contribution in [2.45, 2.75) is 6.61 Å². The molecule has 0 spiro atoms. The number of thiophene rings is 1. The van der Waals surface area contributed by atoms with Crippen LogP contribution >= 0.6 is 11.3 Å². The minimum absolute atomic E-state index is 0.0772. The second kappa shape index (κ2) is 4.30. The zero-order valence-electron chi connectivity index (χ0n) is 9.38. The molecule has 0 bridgehead atoms. The van der Waals surface area contributed by atoms with Crippen LogP contribution in [0.4, 0.5) is 0 Å². The normalized spacial score (nSPS) is 10.7. The molecular weight excluding hydrogens is 246 g/mol. The number of rotatable bonds is 2. The Morgan fingerprint density at radius 3 is 2.78 bits per heavy atom. The van der Waals surface area contributed by atoms with Crippen LogP contribution in [0.5, 0.6) is 0 Å². The Balaban J connectivity index is 2.25. The number of aliphatic hydroxyl groups excluding tert-OH is 1. The third-order valence-electron chi connectivity index (χ3n) is 2.80. The van der Waals surface area contributed by atoms with Gasteiger partial charge in [0.1, 0.15) is 16.5 Å². The van der Waals surface area contributed by atoms with E-state index in [1.165, 1.54) is 11.3 Å². The van der Waals surface area contributed by atoms with Crippen molar-refractivity contribution in [3.8, 4) is 16.7 Å². The Morgan fingerprint density at radius 1 is 1.22 bits per heavy atom. The predicted octanol–water partition coefficient (Wildman–Crippen LogP) is 3.53. The molecule has 1 aromatic carbocycles. The topological polar surface area (TPSA) is 57.2 Å². The van der Waals surface area contributed by atoms with E-state index in [1.807, 2.05) is 30.3 Å². The van der Waals surface area contributed by atoms with Gasteiger partial charge in [-0.1, -0.05) is 18.2 Å². The van der Waals surface area contributed by atoms with E-state index in [4.69, 9.17) is 9.68 Å². The van der Waals surface area contributed by atoms with Gasteiger partial charge in [-0.3, -0.25) is 0 Å². The van der Waals surface area contributed by atoms with E-state index >= 15 is 0 Å². The third-order valence-corrected chi connectivity index (χ3v) is 3.79. The van der Waals surface area contributed by atoms with Crippen LogP contribution in [0.1, 0.15) is 10.4 Å². The summed E-state index contributed by atoms with van der Waals surface area (Å²) in [5.41, 5.74) is 1.53. The van der Waals surface area contributed by atoms with Crippen molar-refractivity contribution in [3.05, 3.63) is 46.8 Å². The van der Waals surface area contributed by atoms with E-state index in [2.05, 4.69) is 6.07 Å². The average Bonchev–Trinajstić information content (AvgIpc) is 3.02. The Kier molecular flexibility index (Phi) is 2.63. The van der Waals surface area contributed by atoms with Gasteiger partial charge in [-0.2, -0.15) is 5.26 Å². The first-order valence-corrected chi connectivity index (χ1v) is 6.26. The second-order valence-electron chi connectivity index (χ2n) is 3.84. The zero-order valence-corrected chi connectivity index (χ0v) is 10.2. The van der Waals surface area contributed by atoms with Gasteiger partial charge < -0.3 is 9.52 Å². The van der Waals surface area contributed by atoms with Crippen molar-refractivity contribution < 1.29 is 9.52 Å². The van der Waals surface area contributed by atoms with Crippen molar-refractivity contribution in [2.24, 2.45) is 0 Å². The number of para-hydroxylation sites is 1. The molecule has 0 aliphatic rings. The number of fused-ring (bicyclic) bond motifs is 1. The molecule has 2 aromatic heterocycles. The molecule has 0 unspecified atom stereocenters. The Labute approximate surface area is 108 Å². The molecule has 1 N–H and O–H groups in total. The highest BCUT2D eigenvalue weighted by Gasteiger charge is 2.16. The number of furan rings is 1. The standard InChI is InChI=1S/C14H9NO2S/c15-7-9-5-6-13(18-9)14-11(8-16)10-3-1-2-4-12(10)17-14/h1-6,16H,8H2. The summed E-state index contributed by atoms with van der Waals surface area (Å²) in [6.07, 6.45) is 0. The van der Waals surface area contributed by atoms with Crippen LogP contribution < -0.4 is 0 Å². The van der Waals surface area contributed by atoms with Gasteiger partial charge in [-0.05, 0) is 18.2 Å². The largest absolute Gasteiger partial charge is 0.455 e. The fraction of sp³-hybridized carbons (Fsp3) is 0.0714. The summed E-state index contributed by atoms with van der Waals surface area (Å²) in [5.74, 6) is 0.658. The first-order chi connectivity index (χ1) is 8.83. The summed E-state index contributed by atoms with van der Waals surface area (Å²) in [5, 5.41) is 19.3. The summed E-state index contributed by atoms with van der Waals surface area (Å²) >= 11 is 1.36. The fourth-order valence-electron chi connectivity index (χ4n) is 1.97. The van der Waals surface area contributed by atoms with Crippen LogP contribution in [0, 0.1) is 11.3 Å². The van der Waals surface area contributed by atoms with Gasteiger partial charge in [0.05, 0.1) is 11.5 Å². The number of nitriles is 1. The Bertz CT molecular complexity index is 749. The minimum atomic E-state index is -0.0772. The molecule has 88 valence electrons. The lowest BCUT2D eigenvalue weighted by atomic mass is 10.1. The van der Waals surface area contributed by atoms with E-state index in [1.54, 1.807) is 6.07 Å². The van der Waals surface area contributed by atoms with Crippen LogP contribution in [-0.2, 0) is 6.61 Å². The number of nitrogens with zero attached hydrogens (tertiary/aromatic N) is 1. The van der Waals surface area contributed by atoms with E-state index in [-0.39, 0.29) is 6.61 Å². The Morgan fingerprint density at radius 2 is 2.06 bits per heavy atom. The van der Waals surface area contributed by atoms with E-state index < -0.39 is 0 Å². The predicted molar refractivity (Wildman–Crippen MR) is 70.2 cm³/mol. The van der Waals surface area contributed by atoms with Crippen LogP contribution in [0.15, 0.2) is 40.8 Å². The van der Waals surface area contributed by atoms with Crippen LogP contribution in [0.2, 0.25) is 0 Å². The third kappa shape index (κ3) is 1.61. The molecule has 0 saturated carbocycles. The van der Waals surface area contributed by atoms with E-state index in [0.29, 0.717) is 10.6 Å². The maximum atomic E-state index is 9.51. The molecule has 0 aliphatic heterocycles. The molecule has 0 aliphatic carbocycles. The van der Waals surface area contributed by atoms with Crippen LogP contribution in [-0.4, -0.2) is 5.11 Å². The van der Waals surface area contributed by atoms with Crippen LogP contribution in [0.25, 0.3) is 21.6 Å². The molecule has 3 aromatic rings. The molecule has 18 heavy (non-hydrogen) atoms. The quantitative estimate of drug-likeness (QED) is 0.762. The molecule has 0 radical (unpaired) electrons. The highest BCUT2D eigenvalue weighted by molar-refractivity contribution is 7.15. The molecule has 0 fully saturated rings. The fourth-order valence-corrected chi connectivity index (χ4v) is 2.79. The SMILES string of the molecule is N#Cc1ccc(-c2oc3ccccc3c2CO)s1. The second-order valence-corrected chi connectivity index (χ2v) is 4.92. The van der Waals surface area contributed by atoms with E-state index in [9.17, 15) is 5.11 Å². The van der Waals surface area contributed by atoms with Gasteiger partial charge >= 0.3 is 0 Å². The zero-order chi connectivity index (χ0) is 12.5. The summed E-state index contributed by atoms with van der Waals surface area (Å²) in [7, 11) is 0. The van der Waals surface area contributed by atoms with Crippen molar-refractivity contribution >= 4 is 22.3 Å². The number of benzene rings is 1.